The molecule has 1 aliphatic heterocycles. The molecule has 1 rings (SSSR count). The first kappa shape index (κ1) is 16.4. The van der Waals surface area contributed by atoms with Crippen molar-refractivity contribution in [2.45, 2.75) is 52.5 Å². The van der Waals surface area contributed by atoms with Crippen molar-refractivity contribution in [3.63, 3.8) is 0 Å². The van der Waals surface area contributed by atoms with Crippen molar-refractivity contribution in [2.75, 3.05) is 39.3 Å². The number of hydrogen-bond acceptors (Lipinski definition) is 2. The van der Waals surface area contributed by atoms with E-state index in [4.69, 9.17) is 0 Å². The first-order chi connectivity index (χ1) is 9.22. The van der Waals surface area contributed by atoms with Crippen LogP contribution < -0.4 is 5.32 Å². The summed E-state index contributed by atoms with van der Waals surface area (Å²) in [6, 6.07) is 0.552. The summed E-state index contributed by atoms with van der Waals surface area (Å²) in [7, 11) is 0. The second kappa shape index (κ2) is 9.32. The number of hydrogen-bond donors (Lipinski definition) is 0. The van der Waals surface area contributed by atoms with Crippen molar-refractivity contribution < 1.29 is 4.79 Å². The number of likely N-dealkylation sites (N-methyl/N-ethyl adjacent to an activating group) is 1. The van der Waals surface area contributed by atoms with Gasteiger partial charge in [-0.1, -0.05) is 20.8 Å². The van der Waals surface area contributed by atoms with E-state index in [9.17, 15) is 4.79 Å². The molecule has 111 valence electrons. The van der Waals surface area contributed by atoms with Gasteiger partial charge in [0, 0.05) is 32.2 Å². The topological polar surface area (TPSA) is 37.7 Å². The Morgan fingerprint density at radius 2 is 1.68 bits per heavy atom. The van der Waals surface area contributed by atoms with Gasteiger partial charge in [0.25, 0.3) is 0 Å². The lowest BCUT2D eigenvalue weighted by atomic mass is 10.0. The van der Waals surface area contributed by atoms with E-state index in [-0.39, 0.29) is 0 Å². The summed E-state index contributed by atoms with van der Waals surface area (Å²) in [6.07, 6.45) is 4.31. The van der Waals surface area contributed by atoms with Gasteiger partial charge in [-0.05, 0) is 32.2 Å². The molecular formula is C15H30N3O. The molecule has 0 aromatic carbocycles. The minimum Gasteiger partial charge on any atom is -0.342 e. The molecule has 4 nitrogen and oxygen atoms in total. The van der Waals surface area contributed by atoms with Crippen molar-refractivity contribution in [3.8, 4) is 0 Å². The highest BCUT2D eigenvalue weighted by molar-refractivity contribution is 5.78. The fraction of sp³-hybridized carbons (Fsp3) is 0.933. The van der Waals surface area contributed by atoms with Gasteiger partial charge < -0.3 is 4.90 Å². The molecule has 1 radical (unpaired) electrons. The van der Waals surface area contributed by atoms with Gasteiger partial charge in [-0.25, -0.2) is 5.32 Å². The van der Waals surface area contributed by atoms with Gasteiger partial charge in [0.1, 0.15) is 0 Å². The monoisotopic (exact) mass is 268 g/mol. The van der Waals surface area contributed by atoms with Crippen molar-refractivity contribution in [3.05, 3.63) is 0 Å². The summed E-state index contributed by atoms with van der Waals surface area (Å²) in [5, 5.41) is 4.40. The van der Waals surface area contributed by atoms with Crippen LogP contribution in [0.3, 0.4) is 0 Å². The molecule has 0 bridgehead atoms. The van der Waals surface area contributed by atoms with Gasteiger partial charge in [-0.2, -0.15) is 0 Å². The third kappa shape index (κ3) is 5.49. The van der Waals surface area contributed by atoms with E-state index in [1.165, 1.54) is 0 Å². The molecule has 0 atom stereocenters. The number of rotatable bonds is 8. The Bertz CT molecular complexity index is 246. The van der Waals surface area contributed by atoms with Crippen LogP contribution in [0.5, 0.6) is 0 Å². The normalized spacial score (nSPS) is 16.8. The lowest BCUT2D eigenvalue weighted by Crippen LogP contribution is -2.47. The summed E-state index contributed by atoms with van der Waals surface area (Å²) in [5.74, 6) is 0.299. The zero-order valence-corrected chi connectivity index (χ0v) is 12.9. The highest BCUT2D eigenvalue weighted by atomic mass is 16.2. The van der Waals surface area contributed by atoms with Crippen LogP contribution in [0.25, 0.3) is 0 Å². The molecule has 0 unspecified atom stereocenters. The Morgan fingerprint density at radius 3 is 2.16 bits per heavy atom. The summed E-state index contributed by atoms with van der Waals surface area (Å²) in [4.78, 5) is 16.8. The van der Waals surface area contributed by atoms with E-state index in [2.05, 4.69) is 31.0 Å². The molecule has 0 N–H and O–H groups in total. The minimum atomic E-state index is 0.299. The van der Waals surface area contributed by atoms with Crippen LogP contribution in [-0.2, 0) is 4.79 Å². The molecule has 1 aliphatic rings. The van der Waals surface area contributed by atoms with Gasteiger partial charge in [-0.3, -0.25) is 9.69 Å². The Labute approximate surface area is 118 Å². The zero-order valence-electron chi connectivity index (χ0n) is 12.9. The Morgan fingerprint density at radius 1 is 1.11 bits per heavy atom. The third-order valence-electron chi connectivity index (χ3n) is 3.84. The number of nitrogens with zero attached hydrogens (tertiary/aromatic N) is 3. The van der Waals surface area contributed by atoms with Gasteiger partial charge in [0.05, 0.1) is 6.54 Å². The third-order valence-corrected chi connectivity index (χ3v) is 3.84. The first-order valence-corrected chi connectivity index (χ1v) is 7.87. The quantitative estimate of drug-likeness (QED) is 0.672. The fourth-order valence-electron chi connectivity index (χ4n) is 2.78. The lowest BCUT2D eigenvalue weighted by Gasteiger charge is -2.34. The number of piperidine rings is 1. The Hall–Kier alpha value is -0.610. The van der Waals surface area contributed by atoms with Crippen molar-refractivity contribution in [1.82, 2.24) is 15.1 Å². The molecule has 0 aliphatic carbocycles. The first-order valence-electron chi connectivity index (χ1n) is 7.87. The number of amides is 1. The minimum absolute atomic E-state index is 0.299. The average molecular weight is 268 g/mol. The smallest absolute Gasteiger partial charge is 0.236 e. The van der Waals surface area contributed by atoms with Crippen LogP contribution in [0.1, 0.15) is 46.5 Å². The summed E-state index contributed by atoms with van der Waals surface area (Å²) in [5.41, 5.74) is 0. The lowest BCUT2D eigenvalue weighted by molar-refractivity contribution is -0.133. The maximum absolute atomic E-state index is 12.4. The van der Waals surface area contributed by atoms with E-state index in [0.717, 1.165) is 58.4 Å². The van der Waals surface area contributed by atoms with E-state index in [0.29, 0.717) is 18.5 Å². The molecule has 0 aromatic rings. The number of carbonyl (C=O) groups is 1. The Balaban J connectivity index is 2.49. The van der Waals surface area contributed by atoms with Crippen LogP contribution in [0.2, 0.25) is 0 Å². The van der Waals surface area contributed by atoms with Crippen LogP contribution >= 0.6 is 0 Å². The summed E-state index contributed by atoms with van der Waals surface area (Å²) >= 11 is 0. The highest BCUT2D eigenvalue weighted by Crippen LogP contribution is 2.12. The van der Waals surface area contributed by atoms with E-state index < -0.39 is 0 Å². The number of carbonyl (C=O) groups excluding carboxylic acids is 1. The predicted octanol–water partition coefficient (Wildman–Crippen LogP) is 1.72. The van der Waals surface area contributed by atoms with E-state index in [1.807, 2.05) is 4.90 Å². The zero-order chi connectivity index (χ0) is 14.1. The molecule has 1 amide bonds. The molecule has 1 heterocycles. The molecule has 4 heteroatoms. The molecule has 0 aromatic heterocycles. The standard InChI is InChI=1S/C15H30N3O/c1-4-11-18(12-5-2)15(19)13-17(6-3)14-7-9-16-10-8-14/h14H,4-13H2,1-3H3. The highest BCUT2D eigenvalue weighted by Gasteiger charge is 2.23. The van der Waals surface area contributed by atoms with E-state index >= 15 is 0 Å². The second-order valence-corrected chi connectivity index (χ2v) is 5.35. The largest absolute Gasteiger partial charge is 0.342 e. The van der Waals surface area contributed by atoms with Crippen LogP contribution in [0.4, 0.5) is 0 Å². The van der Waals surface area contributed by atoms with Crippen molar-refractivity contribution in [2.24, 2.45) is 0 Å². The maximum atomic E-state index is 12.4. The SMILES string of the molecule is CCCN(CCC)C(=O)CN(CC)C1CC[N]CC1. The summed E-state index contributed by atoms with van der Waals surface area (Å²) < 4.78 is 0. The Kier molecular flexibility index (Phi) is 8.07. The fourth-order valence-corrected chi connectivity index (χ4v) is 2.78. The van der Waals surface area contributed by atoms with Crippen LogP contribution in [-0.4, -0.2) is 61.0 Å². The predicted molar refractivity (Wildman–Crippen MR) is 79.3 cm³/mol. The van der Waals surface area contributed by atoms with Crippen LogP contribution in [0, 0.1) is 0 Å². The molecule has 0 spiro atoms. The molecule has 0 saturated carbocycles. The van der Waals surface area contributed by atoms with Gasteiger partial charge in [0.15, 0.2) is 0 Å². The second-order valence-electron chi connectivity index (χ2n) is 5.35. The van der Waals surface area contributed by atoms with Crippen molar-refractivity contribution >= 4 is 5.91 Å². The molecule has 1 fully saturated rings. The van der Waals surface area contributed by atoms with Gasteiger partial charge in [0.2, 0.25) is 5.91 Å². The van der Waals surface area contributed by atoms with Crippen molar-refractivity contribution in [1.29, 1.82) is 0 Å². The molecular weight excluding hydrogens is 238 g/mol. The molecule has 1 saturated heterocycles. The summed E-state index contributed by atoms with van der Waals surface area (Å²) in [6.45, 7) is 11.7. The average Bonchev–Trinajstić information content (AvgIpc) is 2.45. The van der Waals surface area contributed by atoms with E-state index in [1.54, 1.807) is 0 Å². The molecule has 19 heavy (non-hydrogen) atoms. The maximum Gasteiger partial charge on any atom is 0.236 e. The van der Waals surface area contributed by atoms with Gasteiger partial charge >= 0.3 is 0 Å². The van der Waals surface area contributed by atoms with Gasteiger partial charge in [-0.15, -0.1) is 0 Å². The van der Waals surface area contributed by atoms with Crippen LogP contribution in [0.15, 0.2) is 0 Å².